The Morgan fingerprint density at radius 2 is 1.80 bits per heavy atom. The lowest BCUT2D eigenvalue weighted by atomic mass is 10.2. The van der Waals surface area contributed by atoms with E-state index in [2.05, 4.69) is 10.5 Å². The van der Waals surface area contributed by atoms with E-state index in [1.165, 1.54) is 6.08 Å². The van der Waals surface area contributed by atoms with Crippen molar-refractivity contribution in [3.8, 4) is 0 Å². The Morgan fingerprint density at radius 1 is 1.05 bits per heavy atom. The highest BCUT2D eigenvalue weighted by molar-refractivity contribution is 6.30. The molecule has 2 aromatic rings. The topological polar surface area (TPSA) is 41.5 Å². The van der Waals surface area contributed by atoms with Gasteiger partial charge in [-0.25, -0.2) is 5.43 Å². The molecule has 2 aromatic carbocycles. The summed E-state index contributed by atoms with van der Waals surface area (Å²) in [6.45, 7) is 0. The first-order valence-electron chi connectivity index (χ1n) is 6.06. The fraction of sp³-hybridized carbons (Fsp3) is 0. The summed E-state index contributed by atoms with van der Waals surface area (Å²) in [6.07, 6.45) is 4.70. The molecule has 2 rings (SSSR count). The third kappa shape index (κ3) is 4.71. The van der Waals surface area contributed by atoms with E-state index in [9.17, 15) is 4.79 Å². The highest BCUT2D eigenvalue weighted by Crippen LogP contribution is 2.08. The van der Waals surface area contributed by atoms with Crippen molar-refractivity contribution < 1.29 is 4.79 Å². The molecule has 1 amide bonds. The molecule has 1 N–H and O–H groups in total. The average Bonchev–Trinajstić information content (AvgIpc) is 2.46. The molecule has 0 aliphatic rings. The number of hydrazone groups is 1. The summed E-state index contributed by atoms with van der Waals surface area (Å²) in [7, 11) is 0. The summed E-state index contributed by atoms with van der Waals surface area (Å²) in [5.41, 5.74) is 4.21. The first kappa shape index (κ1) is 14.0. The minimum absolute atomic E-state index is 0.285. The van der Waals surface area contributed by atoms with E-state index in [1.807, 2.05) is 42.5 Å². The molecule has 0 saturated carbocycles. The van der Waals surface area contributed by atoms with Gasteiger partial charge in [0, 0.05) is 11.1 Å². The second-order valence-corrected chi connectivity index (χ2v) is 4.47. The fourth-order valence-electron chi connectivity index (χ4n) is 1.53. The van der Waals surface area contributed by atoms with Crippen LogP contribution < -0.4 is 5.43 Å². The molecule has 0 saturated heterocycles. The van der Waals surface area contributed by atoms with Crippen molar-refractivity contribution in [2.75, 3.05) is 0 Å². The molecule has 0 atom stereocenters. The fourth-order valence-corrected chi connectivity index (χ4v) is 1.73. The van der Waals surface area contributed by atoms with Gasteiger partial charge in [-0.3, -0.25) is 4.79 Å². The molecule has 3 nitrogen and oxygen atoms in total. The van der Waals surface area contributed by atoms with Gasteiger partial charge in [0.15, 0.2) is 0 Å². The van der Waals surface area contributed by atoms with Crippen molar-refractivity contribution >= 4 is 29.8 Å². The molecule has 0 aliphatic heterocycles. The molecule has 0 radical (unpaired) electrons. The van der Waals surface area contributed by atoms with E-state index in [0.717, 1.165) is 11.1 Å². The van der Waals surface area contributed by atoms with Gasteiger partial charge in [-0.05, 0) is 29.3 Å². The predicted octanol–water partition coefficient (Wildman–Crippen LogP) is 3.50. The Hall–Kier alpha value is -2.39. The Morgan fingerprint density at radius 3 is 2.55 bits per heavy atom. The first-order chi connectivity index (χ1) is 9.74. The van der Waals surface area contributed by atoms with E-state index in [1.54, 1.807) is 24.4 Å². The SMILES string of the molecule is O=C(/C=C/c1ccccc1)N/N=C\c1cccc(Cl)c1. The molecule has 0 aromatic heterocycles. The first-order valence-corrected chi connectivity index (χ1v) is 6.43. The van der Waals surface area contributed by atoms with E-state index in [-0.39, 0.29) is 5.91 Å². The molecule has 100 valence electrons. The van der Waals surface area contributed by atoms with Crippen molar-refractivity contribution in [1.82, 2.24) is 5.43 Å². The number of nitrogens with one attached hydrogen (secondary N) is 1. The Balaban J connectivity index is 1.88. The second kappa shape index (κ2) is 7.26. The van der Waals surface area contributed by atoms with Crippen LogP contribution in [-0.4, -0.2) is 12.1 Å². The van der Waals surface area contributed by atoms with Crippen molar-refractivity contribution in [1.29, 1.82) is 0 Å². The van der Waals surface area contributed by atoms with Gasteiger partial charge in [0.1, 0.15) is 0 Å². The van der Waals surface area contributed by atoms with Crippen molar-refractivity contribution in [2.24, 2.45) is 5.10 Å². The van der Waals surface area contributed by atoms with Crippen LogP contribution in [-0.2, 0) is 4.79 Å². The van der Waals surface area contributed by atoms with Gasteiger partial charge in [0.2, 0.25) is 0 Å². The number of amides is 1. The van der Waals surface area contributed by atoms with Crippen molar-refractivity contribution in [3.63, 3.8) is 0 Å². The van der Waals surface area contributed by atoms with Crippen LogP contribution in [0.4, 0.5) is 0 Å². The largest absolute Gasteiger partial charge is 0.268 e. The molecular formula is C16H13ClN2O. The number of hydrogen-bond acceptors (Lipinski definition) is 2. The third-order valence-electron chi connectivity index (χ3n) is 2.46. The maximum atomic E-state index is 11.5. The molecule has 0 spiro atoms. The summed E-state index contributed by atoms with van der Waals surface area (Å²) in [5.74, 6) is -0.285. The summed E-state index contributed by atoms with van der Waals surface area (Å²) >= 11 is 5.84. The highest BCUT2D eigenvalue weighted by atomic mass is 35.5. The summed E-state index contributed by atoms with van der Waals surface area (Å²) in [5, 5.41) is 4.49. The van der Waals surface area contributed by atoms with Crippen LogP contribution in [0.2, 0.25) is 5.02 Å². The van der Waals surface area contributed by atoms with Crippen LogP contribution in [0.5, 0.6) is 0 Å². The average molecular weight is 285 g/mol. The smallest absolute Gasteiger partial charge is 0.264 e. The number of carbonyl (C=O) groups excluding carboxylic acids is 1. The predicted molar refractivity (Wildman–Crippen MR) is 82.7 cm³/mol. The maximum Gasteiger partial charge on any atom is 0.264 e. The Bertz CT molecular complexity index is 636. The number of benzene rings is 2. The number of nitrogens with zero attached hydrogens (tertiary/aromatic N) is 1. The second-order valence-electron chi connectivity index (χ2n) is 4.03. The quantitative estimate of drug-likeness (QED) is 0.521. The summed E-state index contributed by atoms with van der Waals surface area (Å²) < 4.78 is 0. The number of hydrogen-bond donors (Lipinski definition) is 1. The number of rotatable bonds is 4. The Labute approximate surface area is 122 Å². The summed E-state index contributed by atoms with van der Waals surface area (Å²) in [4.78, 5) is 11.5. The van der Waals surface area contributed by atoms with E-state index >= 15 is 0 Å². The number of halogens is 1. The highest BCUT2D eigenvalue weighted by Gasteiger charge is 1.93. The molecule has 0 unspecified atom stereocenters. The van der Waals surface area contributed by atoms with Gasteiger partial charge < -0.3 is 0 Å². The maximum absolute atomic E-state index is 11.5. The monoisotopic (exact) mass is 284 g/mol. The minimum Gasteiger partial charge on any atom is -0.268 e. The van der Waals surface area contributed by atoms with Crippen LogP contribution in [0.1, 0.15) is 11.1 Å². The standard InChI is InChI=1S/C16H13ClN2O/c17-15-8-4-7-14(11-15)12-18-19-16(20)10-9-13-5-2-1-3-6-13/h1-12H,(H,19,20)/b10-9+,18-12-. The van der Waals surface area contributed by atoms with Crippen molar-refractivity contribution in [2.45, 2.75) is 0 Å². The van der Waals surface area contributed by atoms with Gasteiger partial charge in [-0.15, -0.1) is 0 Å². The number of carbonyl (C=O) groups is 1. The molecule has 0 fully saturated rings. The molecule has 0 bridgehead atoms. The van der Waals surface area contributed by atoms with Crippen molar-refractivity contribution in [3.05, 3.63) is 76.8 Å². The molecular weight excluding hydrogens is 272 g/mol. The van der Waals surface area contributed by atoms with Gasteiger partial charge >= 0.3 is 0 Å². The molecule has 20 heavy (non-hydrogen) atoms. The lowest BCUT2D eigenvalue weighted by Crippen LogP contribution is -2.14. The molecule has 0 heterocycles. The summed E-state index contributed by atoms with van der Waals surface area (Å²) in [6, 6.07) is 16.8. The Kier molecular flexibility index (Phi) is 5.09. The lowest BCUT2D eigenvalue weighted by molar-refractivity contribution is -0.116. The van der Waals surface area contributed by atoms with Crippen LogP contribution in [0.3, 0.4) is 0 Å². The van der Waals surface area contributed by atoms with E-state index < -0.39 is 0 Å². The van der Waals surface area contributed by atoms with Crippen LogP contribution in [0, 0.1) is 0 Å². The zero-order valence-electron chi connectivity index (χ0n) is 10.7. The van der Waals surface area contributed by atoms with Crippen LogP contribution in [0.25, 0.3) is 6.08 Å². The lowest BCUT2D eigenvalue weighted by Gasteiger charge is -1.95. The van der Waals surface area contributed by atoms with E-state index in [0.29, 0.717) is 5.02 Å². The van der Waals surface area contributed by atoms with Gasteiger partial charge in [-0.2, -0.15) is 5.10 Å². The van der Waals surface area contributed by atoms with E-state index in [4.69, 9.17) is 11.6 Å². The van der Waals surface area contributed by atoms with Crippen LogP contribution in [0.15, 0.2) is 65.8 Å². The molecule has 0 aliphatic carbocycles. The van der Waals surface area contributed by atoms with Gasteiger partial charge in [0.25, 0.3) is 5.91 Å². The van der Waals surface area contributed by atoms with Gasteiger partial charge in [-0.1, -0.05) is 54.1 Å². The normalized spacial score (nSPS) is 11.1. The van der Waals surface area contributed by atoms with Crippen LogP contribution >= 0.6 is 11.6 Å². The zero-order valence-corrected chi connectivity index (χ0v) is 11.4. The third-order valence-corrected chi connectivity index (χ3v) is 2.70. The zero-order chi connectivity index (χ0) is 14.2. The molecule has 4 heteroatoms. The minimum atomic E-state index is -0.285. The van der Waals surface area contributed by atoms with Gasteiger partial charge in [0.05, 0.1) is 6.21 Å².